The topological polar surface area (TPSA) is 67.8 Å². The highest BCUT2D eigenvalue weighted by Gasteiger charge is 2.11. The molecule has 5 nitrogen and oxygen atoms in total. The summed E-state index contributed by atoms with van der Waals surface area (Å²) in [6, 6.07) is 15.6. The van der Waals surface area contributed by atoms with Gasteiger partial charge in [-0.25, -0.2) is 4.83 Å². The van der Waals surface area contributed by atoms with Crippen molar-refractivity contribution in [2.75, 3.05) is 6.61 Å². The highest BCUT2D eigenvalue weighted by Crippen LogP contribution is 2.16. The monoisotopic (exact) mass is 360 g/mol. The van der Waals surface area contributed by atoms with Crippen molar-refractivity contribution in [3.05, 3.63) is 60.2 Å². The van der Waals surface area contributed by atoms with Gasteiger partial charge in [-0.05, 0) is 30.7 Å². The van der Waals surface area contributed by atoms with Crippen LogP contribution in [0.5, 0.6) is 5.75 Å². The maximum Gasteiger partial charge on any atom is 0.276 e. The second-order valence-corrected chi connectivity index (χ2v) is 7.27. The number of benzene rings is 2. The summed E-state index contributed by atoms with van der Waals surface area (Å²) < 4.78 is 30.0. The van der Waals surface area contributed by atoms with Gasteiger partial charge in [0.25, 0.3) is 10.0 Å². The molecule has 0 aliphatic rings. The fraction of sp³-hybridized carbons (Fsp3) is 0.316. The van der Waals surface area contributed by atoms with Crippen molar-refractivity contribution in [1.82, 2.24) is 4.83 Å². The van der Waals surface area contributed by atoms with Crippen LogP contribution in [0, 0.1) is 0 Å². The van der Waals surface area contributed by atoms with Crippen molar-refractivity contribution in [3.63, 3.8) is 0 Å². The fourth-order valence-corrected chi connectivity index (χ4v) is 3.06. The van der Waals surface area contributed by atoms with Crippen LogP contribution in [0.1, 0.15) is 38.2 Å². The number of nitrogens with one attached hydrogen (secondary N) is 1. The van der Waals surface area contributed by atoms with Crippen LogP contribution in [0.15, 0.2) is 64.6 Å². The quantitative estimate of drug-likeness (QED) is 0.396. The first-order valence-corrected chi connectivity index (χ1v) is 9.93. The Hall–Kier alpha value is -2.34. The summed E-state index contributed by atoms with van der Waals surface area (Å²) in [7, 11) is -3.66. The molecule has 0 atom stereocenters. The van der Waals surface area contributed by atoms with Crippen LogP contribution < -0.4 is 9.57 Å². The lowest BCUT2D eigenvalue weighted by Gasteiger charge is -2.09. The Balaban J connectivity index is 1.97. The Labute approximate surface area is 149 Å². The standard InChI is InChI=1S/C19H24N2O3S/c1-2-3-4-10-15-24-19-14-9-8-11-17(19)16-20-21-25(22,23)18-12-6-5-7-13-18/h5-9,11-14,16,21H,2-4,10,15H2,1H3. The molecule has 0 fully saturated rings. The van der Waals surface area contributed by atoms with Gasteiger partial charge in [-0.15, -0.1) is 0 Å². The molecule has 134 valence electrons. The van der Waals surface area contributed by atoms with Crippen LogP contribution in [0.25, 0.3) is 0 Å². The molecule has 0 aliphatic carbocycles. The van der Waals surface area contributed by atoms with E-state index in [0.717, 1.165) is 18.4 Å². The summed E-state index contributed by atoms with van der Waals surface area (Å²) in [5.74, 6) is 0.696. The lowest BCUT2D eigenvalue weighted by molar-refractivity contribution is 0.304. The number of hydrazone groups is 1. The van der Waals surface area contributed by atoms with E-state index in [9.17, 15) is 8.42 Å². The molecule has 2 aromatic rings. The largest absolute Gasteiger partial charge is 0.493 e. The van der Waals surface area contributed by atoms with Gasteiger partial charge in [0.2, 0.25) is 0 Å². The van der Waals surface area contributed by atoms with Gasteiger partial charge in [-0.2, -0.15) is 13.5 Å². The SMILES string of the molecule is CCCCCCOc1ccccc1C=NNS(=O)(=O)c1ccccc1. The summed E-state index contributed by atoms with van der Waals surface area (Å²) in [5, 5.41) is 3.87. The Morgan fingerprint density at radius 3 is 2.48 bits per heavy atom. The first-order chi connectivity index (χ1) is 12.1. The number of hydrogen-bond donors (Lipinski definition) is 1. The zero-order valence-electron chi connectivity index (χ0n) is 14.4. The van der Waals surface area contributed by atoms with Crippen LogP contribution in [-0.2, 0) is 10.0 Å². The molecule has 0 aliphatic heterocycles. The minimum absolute atomic E-state index is 0.174. The molecule has 0 aromatic heterocycles. The summed E-state index contributed by atoms with van der Waals surface area (Å²) >= 11 is 0. The van der Waals surface area contributed by atoms with Crippen molar-refractivity contribution in [1.29, 1.82) is 0 Å². The summed E-state index contributed by atoms with van der Waals surface area (Å²) in [6.07, 6.45) is 5.99. The summed E-state index contributed by atoms with van der Waals surface area (Å²) in [4.78, 5) is 2.39. The molecule has 1 N–H and O–H groups in total. The molecule has 0 bridgehead atoms. The number of rotatable bonds is 10. The maximum absolute atomic E-state index is 12.1. The number of ether oxygens (including phenoxy) is 1. The van der Waals surface area contributed by atoms with E-state index >= 15 is 0 Å². The van der Waals surface area contributed by atoms with Gasteiger partial charge in [0.1, 0.15) is 5.75 Å². The fourth-order valence-electron chi connectivity index (χ4n) is 2.25. The number of nitrogens with zero attached hydrogens (tertiary/aromatic N) is 1. The van der Waals surface area contributed by atoms with Gasteiger partial charge < -0.3 is 4.74 Å². The van der Waals surface area contributed by atoms with Crippen molar-refractivity contribution >= 4 is 16.2 Å². The zero-order chi connectivity index (χ0) is 18.0. The van der Waals surface area contributed by atoms with Crippen LogP contribution in [0.4, 0.5) is 0 Å². The van der Waals surface area contributed by atoms with E-state index in [-0.39, 0.29) is 4.90 Å². The minimum Gasteiger partial charge on any atom is -0.493 e. The molecule has 25 heavy (non-hydrogen) atoms. The Morgan fingerprint density at radius 2 is 1.72 bits per heavy atom. The molecule has 0 radical (unpaired) electrons. The Kier molecular flexibility index (Phi) is 7.47. The van der Waals surface area contributed by atoms with Crippen LogP contribution in [0.2, 0.25) is 0 Å². The number of para-hydroxylation sites is 1. The van der Waals surface area contributed by atoms with E-state index in [2.05, 4.69) is 16.9 Å². The van der Waals surface area contributed by atoms with Gasteiger partial charge in [-0.3, -0.25) is 0 Å². The lowest BCUT2D eigenvalue weighted by atomic mass is 10.2. The molecule has 0 unspecified atom stereocenters. The first kappa shape index (κ1) is 19.0. The molecule has 0 spiro atoms. The predicted octanol–water partition coefficient (Wildman–Crippen LogP) is 3.96. The molecule has 0 amide bonds. The highest BCUT2D eigenvalue weighted by molar-refractivity contribution is 7.89. The third-order valence-corrected chi connectivity index (χ3v) is 4.84. The Morgan fingerprint density at radius 1 is 1.00 bits per heavy atom. The number of sulfonamides is 1. The van der Waals surface area contributed by atoms with Crippen LogP contribution >= 0.6 is 0 Å². The third kappa shape index (κ3) is 6.23. The van der Waals surface area contributed by atoms with Gasteiger partial charge in [0.05, 0.1) is 17.7 Å². The molecule has 0 saturated heterocycles. The second kappa shape index (κ2) is 9.84. The number of unbranched alkanes of at least 4 members (excludes halogenated alkanes) is 3. The maximum atomic E-state index is 12.1. The van der Waals surface area contributed by atoms with E-state index in [1.807, 2.05) is 24.3 Å². The lowest BCUT2D eigenvalue weighted by Crippen LogP contribution is -2.18. The van der Waals surface area contributed by atoms with Crippen molar-refractivity contribution in [2.24, 2.45) is 5.10 Å². The van der Waals surface area contributed by atoms with Crippen molar-refractivity contribution < 1.29 is 13.2 Å². The van der Waals surface area contributed by atoms with Gasteiger partial charge in [0, 0.05) is 5.56 Å². The van der Waals surface area contributed by atoms with E-state index in [0.29, 0.717) is 12.4 Å². The zero-order valence-corrected chi connectivity index (χ0v) is 15.2. The number of hydrogen-bond acceptors (Lipinski definition) is 4. The van der Waals surface area contributed by atoms with Gasteiger partial charge >= 0.3 is 0 Å². The van der Waals surface area contributed by atoms with Crippen molar-refractivity contribution in [3.8, 4) is 5.75 Å². The second-order valence-electron chi connectivity index (χ2n) is 5.61. The third-order valence-electron chi connectivity index (χ3n) is 3.60. The first-order valence-electron chi connectivity index (χ1n) is 8.45. The average molecular weight is 360 g/mol. The molecule has 6 heteroatoms. The summed E-state index contributed by atoms with van der Waals surface area (Å²) in [6.45, 7) is 2.81. The van der Waals surface area contributed by atoms with Crippen molar-refractivity contribution in [2.45, 2.75) is 37.5 Å². The predicted molar refractivity (Wildman–Crippen MR) is 100 cm³/mol. The molecule has 2 aromatic carbocycles. The molecule has 0 saturated carbocycles. The normalized spacial score (nSPS) is 11.6. The Bertz CT molecular complexity index is 774. The molecular weight excluding hydrogens is 336 g/mol. The van der Waals surface area contributed by atoms with E-state index in [4.69, 9.17) is 4.74 Å². The van der Waals surface area contributed by atoms with Crippen LogP contribution in [-0.4, -0.2) is 21.2 Å². The van der Waals surface area contributed by atoms with Gasteiger partial charge in [-0.1, -0.05) is 56.5 Å². The van der Waals surface area contributed by atoms with Crippen LogP contribution in [0.3, 0.4) is 0 Å². The van der Waals surface area contributed by atoms with Gasteiger partial charge in [0.15, 0.2) is 0 Å². The molecule has 2 rings (SSSR count). The average Bonchev–Trinajstić information content (AvgIpc) is 2.63. The highest BCUT2D eigenvalue weighted by atomic mass is 32.2. The molecular formula is C19H24N2O3S. The summed E-state index contributed by atoms with van der Waals surface area (Å²) in [5.41, 5.74) is 0.730. The minimum atomic E-state index is -3.66. The van der Waals surface area contributed by atoms with E-state index in [1.54, 1.807) is 18.2 Å². The molecule has 0 heterocycles. The smallest absolute Gasteiger partial charge is 0.276 e. The van der Waals surface area contributed by atoms with E-state index < -0.39 is 10.0 Å². The van der Waals surface area contributed by atoms with E-state index in [1.165, 1.54) is 31.2 Å².